The molecule has 0 aliphatic heterocycles. The molecule has 0 aromatic rings. The Hall–Kier alpha value is -0.390. The Morgan fingerprint density at radius 2 is 2.00 bits per heavy atom. The summed E-state index contributed by atoms with van der Waals surface area (Å²) in [5.74, 6) is -1.18. The fourth-order valence-electron chi connectivity index (χ4n) is 0.428. The van der Waals surface area contributed by atoms with E-state index in [0.29, 0.717) is 0 Å². The quantitative estimate of drug-likeness (QED) is 0.759. The lowest BCUT2D eigenvalue weighted by atomic mass is 10.4. The van der Waals surface area contributed by atoms with Crippen LogP contribution in [-0.4, -0.2) is 33.6 Å². The Labute approximate surface area is 95.3 Å². The van der Waals surface area contributed by atoms with Gasteiger partial charge in [0.1, 0.15) is 12.6 Å². The van der Waals surface area contributed by atoms with Gasteiger partial charge in [-0.3, -0.25) is 4.79 Å². The van der Waals surface area contributed by atoms with Crippen LogP contribution in [0.2, 0.25) is 0 Å². The predicted octanol–water partition coefficient (Wildman–Crippen LogP) is 1.56. The van der Waals surface area contributed by atoms with Crippen LogP contribution in [0.25, 0.3) is 0 Å². The van der Waals surface area contributed by atoms with E-state index in [4.69, 9.17) is 39.9 Å². The number of carbonyl (C=O) groups excluding carboxylic acids is 1. The van der Waals surface area contributed by atoms with E-state index in [0.717, 1.165) is 0 Å². The second kappa shape index (κ2) is 5.48. The molecule has 14 heavy (non-hydrogen) atoms. The second-order valence-electron chi connectivity index (χ2n) is 2.40. The Morgan fingerprint density at radius 3 is 2.36 bits per heavy atom. The summed E-state index contributed by atoms with van der Waals surface area (Å²) in [7, 11) is 0. The van der Waals surface area contributed by atoms with E-state index in [-0.39, 0.29) is 0 Å². The summed E-state index contributed by atoms with van der Waals surface area (Å²) in [6, 6.07) is -1.06. The van der Waals surface area contributed by atoms with Gasteiger partial charge >= 0.3 is 12.1 Å². The SMILES string of the molecule is C[C@H](NC(=O)OCC(Cl)(Cl)Cl)C(=O)O. The highest BCUT2D eigenvalue weighted by Crippen LogP contribution is 2.25. The van der Waals surface area contributed by atoms with Crippen LogP contribution in [-0.2, 0) is 9.53 Å². The highest BCUT2D eigenvalue weighted by atomic mass is 35.6. The van der Waals surface area contributed by atoms with E-state index in [2.05, 4.69) is 4.74 Å². The molecule has 8 heteroatoms. The third-order valence-electron chi connectivity index (χ3n) is 1.07. The van der Waals surface area contributed by atoms with Gasteiger partial charge in [-0.25, -0.2) is 4.79 Å². The van der Waals surface area contributed by atoms with Crippen molar-refractivity contribution in [2.45, 2.75) is 16.8 Å². The number of hydrogen-bond donors (Lipinski definition) is 2. The monoisotopic (exact) mass is 263 g/mol. The van der Waals surface area contributed by atoms with Gasteiger partial charge < -0.3 is 15.2 Å². The lowest BCUT2D eigenvalue weighted by Crippen LogP contribution is -2.39. The van der Waals surface area contributed by atoms with Gasteiger partial charge in [0.2, 0.25) is 3.79 Å². The number of alkyl halides is 3. The molecule has 0 spiro atoms. The van der Waals surface area contributed by atoms with E-state index in [9.17, 15) is 9.59 Å². The number of carboxylic acid groups (broad SMARTS) is 1. The second-order valence-corrected chi connectivity index (χ2v) is 4.91. The number of aliphatic carboxylic acids is 1. The van der Waals surface area contributed by atoms with Crippen molar-refractivity contribution in [2.75, 3.05) is 6.61 Å². The van der Waals surface area contributed by atoms with E-state index in [1.807, 2.05) is 5.32 Å². The lowest BCUT2D eigenvalue weighted by Gasteiger charge is -2.13. The number of carboxylic acids is 1. The van der Waals surface area contributed by atoms with Gasteiger partial charge in [-0.05, 0) is 6.92 Å². The van der Waals surface area contributed by atoms with Gasteiger partial charge in [0.05, 0.1) is 0 Å². The Morgan fingerprint density at radius 1 is 1.50 bits per heavy atom. The van der Waals surface area contributed by atoms with Gasteiger partial charge in [-0.1, -0.05) is 34.8 Å². The van der Waals surface area contributed by atoms with Crippen molar-refractivity contribution in [1.82, 2.24) is 5.32 Å². The zero-order valence-corrected chi connectivity index (χ0v) is 9.36. The molecule has 0 radical (unpaired) electrons. The minimum absolute atomic E-state index is 0.449. The Kier molecular flexibility index (Phi) is 5.33. The largest absolute Gasteiger partial charge is 0.480 e. The summed E-state index contributed by atoms with van der Waals surface area (Å²) in [5, 5.41) is 10.4. The normalized spacial score (nSPS) is 13.1. The third kappa shape index (κ3) is 7.06. The molecule has 0 aromatic carbocycles. The smallest absolute Gasteiger partial charge is 0.407 e. The van der Waals surface area contributed by atoms with Crippen LogP contribution in [0.15, 0.2) is 0 Å². The number of halogens is 3. The van der Waals surface area contributed by atoms with Crippen LogP contribution >= 0.6 is 34.8 Å². The fourth-order valence-corrected chi connectivity index (χ4v) is 0.591. The average molecular weight is 264 g/mol. The summed E-state index contributed by atoms with van der Waals surface area (Å²) in [4.78, 5) is 21.1. The molecule has 0 bridgehead atoms. The van der Waals surface area contributed by atoms with Gasteiger partial charge in [0, 0.05) is 0 Å². The van der Waals surface area contributed by atoms with Crippen LogP contribution < -0.4 is 5.32 Å². The number of alkyl carbamates (subject to hydrolysis) is 1. The molecular weight excluding hydrogens is 256 g/mol. The fraction of sp³-hybridized carbons (Fsp3) is 0.667. The van der Waals surface area contributed by atoms with Crippen molar-refractivity contribution < 1.29 is 19.4 Å². The van der Waals surface area contributed by atoms with Crippen molar-refractivity contribution in [1.29, 1.82) is 0 Å². The highest BCUT2D eigenvalue weighted by molar-refractivity contribution is 6.67. The zero-order chi connectivity index (χ0) is 11.4. The molecule has 1 amide bonds. The molecule has 0 fully saturated rings. The predicted molar refractivity (Wildman–Crippen MR) is 51.9 cm³/mol. The maximum Gasteiger partial charge on any atom is 0.407 e. The van der Waals surface area contributed by atoms with Crippen molar-refractivity contribution in [3.8, 4) is 0 Å². The summed E-state index contributed by atoms with van der Waals surface area (Å²) >= 11 is 15.9. The molecule has 0 saturated heterocycles. The highest BCUT2D eigenvalue weighted by Gasteiger charge is 2.23. The Balaban J connectivity index is 3.83. The number of ether oxygens (including phenoxy) is 1. The van der Waals surface area contributed by atoms with Crippen LogP contribution in [0.1, 0.15) is 6.92 Å². The maximum atomic E-state index is 10.8. The molecule has 0 saturated carbocycles. The van der Waals surface area contributed by atoms with Crippen LogP contribution in [0.4, 0.5) is 4.79 Å². The van der Waals surface area contributed by atoms with Crippen molar-refractivity contribution in [2.24, 2.45) is 0 Å². The standard InChI is InChI=1S/C6H8Cl3NO4/c1-3(4(11)12)10-5(13)14-2-6(7,8)9/h3H,2H2,1H3,(H,10,13)(H,11,12)/t3-/m0/s1. The number of carbonyl (C=O) groups is 2. The number of nitrogens with one attached hydrogen (secondary N) is 1. The molecule has 0 rings (SSSR count). The van der Waals surface area contributed by atoms with Crippen molar-refractivity contribution in [3.05, 3.63) is 0 Å². The first-order valence-corrected chi connectivity index (χ1v) is 4.58. The lowest BCUT2D eigenvalue weighted by molar-refractivity contribution is -0.138. The number of hydrogen-bond acceptors (Lipinski definition) is 3. The third-order valence-corrected chi connectivity index (χ3v) is 1.40. The maximum absolute atomic E-state index is 10.8. The first kappa shape index (κ1) is 13.6. The summed E-state index contributed by atoms with van der Waals surface area (Å²) in [5.41, 5.74) is 0. The van der Waals surface area contributed by atoms with Crippen molar-refractivity contribution >= 4 is 46.9 Å². The van der Waals surface area contributed by atoms with Crippen LogP contribution in [0.3, 0.4) is 0 Å². The molecule has 1 atom stereocenters. The van der Waals surface area contributed by atoms with Gasteiger partial charge in [0.25, 0.3) is 0 Å². The summed E-state index contributed by atoms with van der Waals surface area (Å²) < 4.78 is 2.71. The molecule has 0 heterocycles. The van der Waals surface area contributed by atoms with E-state index in [1.165, 1.54) is 6.92 Å². The van der Waals surface area contributed by atoms with Gasteiger partial charge in [-0.2, -0.15) is 0 Å². The van der Waals surface area contributed by atoms with E-state index < -0.39 is 28.5 Å². The molecule has 0 aliphatic carbocycles. The molecule has 5 nitrogen and oxygen atoms in total. The minimum Gasteiger partial charge on any atom is -0.480 e. The van der Waals surface area contributed by atoms with Gasteiger partial charge in [-0.15, -0.1) is 0 Å². The molecule has 0 aliphatic rings. The van der Waals surface area contributed by atoms with E-state index >= 15 is 0 Å². The molecular formula is C6H8Cl3NO4. The van der Waals surface area contributed by atoms with E-state index in [1.54, 1.807) is 0 Å². The number of rotatable bonds is 3. The molecule has 0 unspecified atom stereocenters. The van der Waals surface area contributed by atoms with Crippen molar-refractivity contribution in [3.63, 3.8) is 0 Å². The van der Waals surface area contributed by atoms with Gasteiger partial charge in [0.15, 0.2) is 0 Å². The average Bonchev–Trinajstić information content (AvgIpc) is 1.99. The number of amides is 1. The summed E-state index contributed by atoms with van der Waals surface area (Å²) in [6.45, 7) is 0.828. The topological polar surface area (TPSA) is 75.6 Å². The molecule has 0 aromatic heterocycles. The Bertz CT molecular complexity index is 228. The van der Waals surface area contributed by atoms with Crippen LogP contribution in [0.5, 0.6) is 0 Å². The first-order chi connectivity index (χ1) is 6.22. The molecule has 82 valence electrons. The summed E-state index contributed by atoms with van der Waals surface area (Å²) in [6.07, 6.45) is -0.953. The van der Waals surface area contributed by atoms with Crippen LogP contribution in [0, 0.1) is 0 Å². The first-order valence-electron chi connectivity index (χ1n) is 3.45. The minimum atomic E-state index is -1.70. The molecule has 2 N–H and O–H groups in total. The zero-order valence-electron chi connectivity index (χ0n) is 7.09.